The molecule has 2 rings (SSSR count). The van der Waals surface area contributed by atoms with E-state index in [1.165, 1.54) is 4.88 Å². The predicted octanol–water partition coefficient (Wildman–Crippen LogP) is 2.84. The summed E-state index contributed by atoms with van der Waals surface area (Å²) in [6, 6.07) is 4.02. The number of morpholine rings is 1. The first kappa shape index (κ1) is 22.0. The lowest BCUT2D eigenvalue weighted by Crippen LogP contribution is -2.56. The van der Waals surface area contributed by atoms with Crippen LogP contribution in [0.3, 0.4) is 0 Å². The van der Waals surface area contributed by atoms with E-state index in [-0.39, 0.29) is 29.5 Å². The number of aliphatic imine (C=N–C) groups is 1. The minimum Gasteiger partial charge on any atom is -0.379 e. The van der Waals surface area contributed by atoms with Gasteiger partial charge in [-0.15, -0.1) is 35.3 Å². The Morgan fingerprint density at radius 1 is 1.33 bits per heavy atom. The first-order chi connectivity index (χ1) is 11.0. The summed E-state index contributed by atoms with van der Waals surface area (Å²) in [6.07, 6.45) is 0.949. The van der Waals surface area contributed by atoms with Gasteiger partial charge in [-0.2, -0.15) is 0 Å². The molecule has 24 heavy (non-hydrogen) atoms. The van der Waals surface area contributed by atoms with Crippen LogP contribution in [0.2, 0.25) is 4.34 Å². The number of ether oxygens (including phenoxy) is 1. The Labute approximate surface area is 171 Å². The molecule has 8 heteroatoms. The van der Waals surface area contributed by atoms with Crippen LogP contribution in [0.1, 0.15) is 18.7 Å². The Morgan fingerprint density at radius 3 is 2.62 bits per heavy atom. The summed E-state index contributed by atoms with van der Waals surface area (Å²) in [5.41, 5.74) is 0.0721. The van der Waals surface area contributed by atoms with Gasteiger partial charge in [0.2, 0.25) is 0 Å². The summed E-state index contributed by atoms with van der Waals surface area (Å²) in [5, 5.41) is 6.79. The van der Waals surface area contributed by atoms with E-state index in [4.69, 9.17) is 16.3 Å². The van der Waals surface area contributed by atoms with Crippen molar-refractivity contribution in [2.75, 3.05) is 46.4 Å². The summed E-state index contributed by atoms with van der Waals surface area (Å²) in [5.74, 6) is 0.842. The topological polar surface area (TPSA) is 48.9 Å². The summed E-state index contributed by atoms with van der Waals surface area (Å²) in [7, 11) is 1.80. The van der Waals surface area contributed by atoms with Crippen LogP contribution in [0.4, 0.5) is 0 Å². The fourth-order valence-corrected chi connectivity index (χ4v) is 3.68. The monoisotopic (exact) mass is 486 g/mol. The molecule has 0 atom stereocenters. The second-order valence-electron chi connectivity index (χ2n) is 6.22. The third-order valence-corrected chi connectivity index (χ3v) is 5.36. The molecule has 1 fully saturated rings. The van der Waals surface area contributed by atoms with E-state index in [9.17, 15) is 0 Å². The van der Waals surface area contributed by atoms with Crippen molar-refractivity contribution in [2.24, 2.45) is 4.99 Å². The zero-order valence-corrected chi connectivity index (χ0v) is 18.5. The summed E-state index contributed by atoms with van der Waals surface area (Å²) in [4.78, 5) is 8.05. The van der Waals surface area contributed by atoms with E-state index in [1.807, 2.05) is 6.07 Å². The molecule has 1 aromatic heterocycles. The Hall–Kier alpha value is -0.0900. The number of hydrogen-bond acceptors (Lipinski definition) is 4. The molecule has 1 aliphatic heterocycles. The van der Waals surface area contributed by atoms with Gasteiger partial charge >= 0.3 is 0 Å². The quantitative estimate of drug-likeness (QED) is 0.369. The molecule has 0 spiro atoms. The molecule has 1 aliphatic rings. The van der Waals surface area contributed by atoms with E-state index in [0.717, 1.165) is 56.1 Å². The molecule has 0 radical (unpaired) electrons. The minimum absolute atomic E-state index is 0. The lowest BCUT2D eigenvalue weighted by atomic mass is 10.0. The molecule has 2 heterocycles. The third kappa shape index (κ3) is 7.03. The molecule has 0 bridgehead atoms. The van der Waals surface area contributed by atoms with Gasteiger partial charge in [-0.1, -0.05) is 11.6 Å². The van der Waals surface area contributed by atoms with Gasteiger partial charge in [0.15, 0.2) is 5.96 Å². The molecule has 0 unspecified atom stereocenters. The van der Waals surface area contributed by atoms with Crippen LogP contribution in [-0.4, -0.2) is 62.8 Å². The fourth-order valence-electron chi connectivity index (χ4n) is 2.59. The number of nitrogens with zero attached hydrogens (tertiary/aromatic N) is 2. The van der Waals surface area contributed by atoms with E-state index in [2.05, 4.69) is 40.4 Å². The van der Waals surface area contributed by atoms with Gasteiger partial charge in [-0.05, 0) is 32.4 Å². The third-order valence-electron chi connectivity index (χ3n) is 4.07. The van der Waals surface area contributed by atoms with E-state index in [1.54, 1.807) is 18.4 Å². The van der Waals surface area contributed by atoms with Crippen molar-refractivity contribution in [3.05, 3.63) is 21.3 Å². The highest BCUT2D eigenvalue weighted by atomic mass is 127. The molecule has 0 aromatic carbocycles. The molecule has 1 aromatic rings. The SMILES string of the molecule is CN=C(NCCc1ccc(Cl)s1)NCC(C)(C)N1CCOCC1.I. The van der Waals surface area contributed by atoms with Crippen molar-refractivity contribution in [3.63, 3.8) is 0 Å². The summed E-state index contributed by atoms with van der Waals surface area (Å²) in [6.45, 7) is 9.81. The van der Waals surface area contributed by atoms with Gasteiger partial charge in [0.1, 0.15) is 0 Å². The van der Waals surface area contributed by atoms with Crippen molar-refractivity contribution in [1.82, 2.24) is 15.5 Å². The van der Waals surface area contributed by atoms with Crippen molar-refractivity contribution in [3.8, 4) is 0 Å². The van der Waals surface area contributed by atoms with Gasteiger partial charge in [0.25, 0.3) is 0 Å². The number of rotatable bonds is 6. The molecular formula is C16H28ClIN4OS. The normalized spacial score (nSPS) is 16.6. The Kier molecular flexibility index (Phi) is 9.88. The van der Waals surface area contributed by atoms with Crippen LogP contribution < -0.4 is 10.6 Å². The van der Waals surface area contributed by atoms with Gasteiger partial charge in [-0.25, -0.2) is 0 Å². The second-order valence-corrected chi connectivity index (χ2v) is 8.02. The largest absolute Gasteiger partial charge is 0.379 e. The highest BCUT2D eigenvalue weighted by molar-refractivity contribution is 14.0. The van der Waals surface area contributed by atoms with Gasteiger partial charge in [0, 0.05) is 43.6 Å². The van der Waals surface area contributed by atoms with Crippen molar-refractivity contribution >= 4 is 52.9 Å². The summed E-state index contributed by atoms with van der Waals surface area (Å²) >= 11 is 7.58. The highest BCUT2D eigenvalue weighted by Gasteiger charge is 2.28. The van der Waals surface area contributed by atoms with Gasteiger partial charge < -0.3 is 15.4 Å². The zero-order chi connectivity index (χ0) is 16.7. The Balaban J connectivity index is 0.00000288. The van der Waals surface area contributed by atoms with Gasteiger partial charge in [0.05, 0.1) is 17.6 Å². The molecule has 0 amide bonds. The van der Waals surface area contributed by atoms with E-state index < -0.39 is 0 Å². The van der Waals surface area contributed by atoms with Crippen molar-refractivity contribution in [2.45, 2.75) is 25.8 Å². The highest BCUT2D eigenvalue weighted by Crippen LogP contribution is 2.21. The number of guanidine groups is 1. The van der Waals surface area contributed by atoms with Crippen LogP contribution in [0.15, 0.2) is 17.1 Å². The van der Waals surface area contributed by atoms with Crippen LogP contribution in [0.25, 0.3) is 0 Å². The minimum atomic E-state index is 0. The number of hydrogen-bond donors (Lipinski definition) is 2. The van der Waals surface area contributed by atoms with Crippen molar-refractivity contribution < 1.29 is 4.74 Å². The van der Waals surface area contributed by atoms with E-state index >= 15 is 0 Å². The Bertz CT molecular complexity index is 518. The lowest BCUT2D eigenvalue weighted by Gasteiger charge is -2.41. The van der Waals surface area contributed by atoms with Crippen LogP contribution >= 0.6 is 46.9 Å². The van der Waals surface area contributed by atoms with E-state index in [0.29, 0.717) is 0 Å². The molecular weight excluding hydrogens is 459 g/mol. The molecule has 138 valence electrons. The number of halogens is 2. The predicted molar refractivity (Wildman–Crippen MR) is 114 cm³/mol. The number of thiophene rings is 1. The van der Waals surface area contributed by atoms with Gasteiger partial charge in [-0.3, -0.25) is 9.89 Å². The Morgan fingerprint density at radius 2 is 2.04 bits per heavy atom. The fraction of sp³-hybridized carbons (Fsp3) is 0.688. The standard InChI is InChI=1S/C16H27ClN4OS.HI/c1-16(2,21-8-10-22-11-9-21)12-20-15(18-3)19-7-6-13-4-5-14(17)23-13;/h4-5H,6-12H2,1-3H3,(H2,18,19,20);1H. The first-order valence-corrected chi connectivity index (χ1v) is 9.22. The molecule has 2 N–H and O–H groups in total. The molecule has 0 saturated carbocycles. The molecule has 0 aliphatic carbocycles. The molecule has 1 saturated heterocycles. The summed E-state index contributed by atoms with van der Waals surface area (Å²) < 4.78 is 6.27. The smallest absolute Gasteiger partial charge is 0.191 e. The maximum absolute atomic E-state index is 5.95. The van der Waals surface area contributed by atoms with Crippen LogP contribution in [0, 0.1) is 0 Å². The zero-order valence-electron chi connectivity index (χ0n) is 14.6. The maximum Gasteiger partial charge on any atom is 0.191 e. The average Bonchev–Trinajstić information content (AvgIpc) is 2.97. The first-order valence-electron chi connectivity index (χ1n) is 8.03. The maximum atomic E-state index is 5.95. The van der Waals surface area contributed by atoms with Crippen LogP contribution in [0.5, 0.6) is 0 Å². The molecule has 5 nitrogen and oxygen atoms in total. The number of nitrogens with one attached hydrogen (secondary N) is 2. The second kappa shape index (κ2) is 10.8. The van der Waals surface area contributed by atoms with Crippen LogP contribution in [-0.2, 0) is 11.2 Å². The van der Waals surface area contributed by atoms with Crippen molar-refractivity contribution in [1.29, 1.82) is 0 Å². The average molecular weight is 487 g/mol. The lowest BCUT2D eigenvalue weighted by molar-refractivity contribution is -0.00833.